The minimum atomic E-state index is -1.14. The second kappa shape index (κ2) is 4.59. The van der Waals surface area contributed by atoms with E-state index in [4.69, 9.17) is 0 Å². The minimum absolute atomic E-state index is 0.0217. The van der Waals surface area contributed by atoms with Gasteiger partial charge in [-0.3, -0.25) is 4.79 Å². The molecule has 4 nitrogen and oxygen atoms in total. The van der Waals surface area contributed by atoms with Crippen molar-refractivity contribution in [1.82, 2.24) is 4.57 Å². The number of halogens is 1. The van der Waals surface area contributed by atoms with Gasteiger partial charge in [0.05, 0.1) is 5.56 Å². The van der Waals surface area contributed by atoms with Gasteiger partial charge in [0.25, 0.3) is 0 Å². The van der Waals surface area contributed by atoms with Gasteiger partial charge in [-0.2, -0.15) is 0 Å². The summed E-state index contributed by atoms with van der Waals surface area (Å²) in [7, 11) is 0. The minimum Gasteiger partial charge on any atom is -0.477 e. The van der Waals surface area contributed by atoms with Crippen LogP contribution in [0.25, 0.3) is 11.1 Å². The fourth-order valence-corrected chi connectivity index (χ4v) is 2.32. The summed E-state index contributed by atoms with van der Waals surface area (Å²) < 4.78 is 14.6. The number of carboxylic acid groups (broad SMARTS) is 1. The number of hydrogen-bond acceptors (Lipinski definition) is 2. The normalized spacial score (nSPS) is 14.2. The Kier molecular flexibility index (Phi) is 2.89. The Morgan fingerprint density at radius 3 is 2.40 bits per heavy atom. The number of benzene rings is 1. The highest BCUT2D eigenvalue weighted by Gasteiger charge is 2.29. The van der Waals surface area contributed by atoms with Crippen molar-refractivity contribution in [3.8, 4) is 11.1 Å². The molecule has 0 amide bonds. The van der Waals surface area contributed by atoms with Gasteiger partial charge in [-0.25, -0.2) is 9.18 Å². The van der Waals surface area contributed by atoms with E-state index in [0.29, 0.717) is 5.56 Å². The molecule has 1 heterocycles. The molecule has 0 atom stereocenters. The monoisotopic (exact) mass is 273 g/mol. The molecule has 2 aromatic rings. The van der Waals surface area contributed by atoms with E-state index in [1.807, 2.05) is 0 Å². The largest absolute Gasteiger partial charge is 0.477 e. The van der Waals surface area contributed by atoms with Crippen molar-refractivity contribution in [2.24, 2.45) is 0 Å². The third-order valence-electron chi connectivity index (χ3n) is 3.40. The lowest BCUT2D eigenvalue weighted by Crippen LogP contribution is -2.19. The number of pyridine rings is 1. The molecular weight excluding hydrogens is 261 g/mol. The third kappa shape index (κ3) is 2.11. The highest BCUT2D eigenvalue weighted by molar-refractivity contribution is 5.94. The molecule has 1 fully saturated rings. The first kappa shape index (κ1) is 12.6. The van der Waals surface area contributed by atoms with E-state index in [2.05, 4.69) is 0 Å². The van der Waals surface area contributed by atoms with Gasteiger partial charge >= 0.3 is 5.97 Å². The highest BCUT2D eigenvalue weighted by Crippen LogP contribution is 2.37. The molecule has 1 aromatic carbocycles. The van der Waals surface area contributed by atoms with Crippen molar-refractivity contribution in [3.05, 3.63) is 58.3 Å². The molecule has 0 spiro atoms. The number of aromatic carboxylic acids is 1. The molecule has 3 rings (SSSR count). The number of carboxylic acids is 1. The molecule has 1 saturated carbocycles. The van der Waals surface area contributed by atoms with Gasteiger partial charge < -0.3 is 9.67 Å². The van der Waals surface area contributed by atoms with Gasteiger partial charge in [0.2, 0.25) is 0 Å². The van der Waals surface area contributed by atoms with Crippen molar-refractivity contribution in [2.45, 2.75) is 18.9 Å². The van der Waals surface area contributed by atoms with Crippen LogP contribution < -0.4 is 5.43 Å². The average Bonchev–Trinajstić information content (AvgIpc) is 3.24. The quantitative estimate of drug-likeness (QED) is 0.935. The lowest BCUT2D eigenvalue weighted by atomic mass is 10.0. The van der Waals surface area contributed by atoms with Crippen LogP contribution in [0.1, 0.15) is 29.4 Å². The summed E-state index contributed by atoms with van der Waals surface area (Å²) in [4.78, 5) is 23.6. The Bertz CT molecular complexity index is 730. The van der Waals surface area contributed by atoms with Crippen molar-refractivity contribution in [2.75, 3.05) is 0 Å². The molecule has 1 aliphatic rings. The van der Waals surface area contributed by atoms with E-state index in [-0.39, 0.29) is 22.7 Å². The Hall–Kier alpha value is -2.43. The van der Waals surface area contributed by atoms with Crippen LogP contribution in [0.3, 0.4) is 0 Å². The molecule has 102 valence electrons. The molecule has 20 heavy (non-hydrogen) atoms. The van der Waals surface area contributed by atoms with Gasteiger partial charge in [-0.15, -0.1) is 0 Å². The summed E-state index contributed by atoms with van der Waals surface area (Å²) in [5, 5.41) is 9.43. The van der Waals surface area contributed by atoms with Crippen LogP contribution in [0, 0.1) is 5.82 Å². The third-order valence-corrected chi connectivity index (χ3v) is 3.40. The van der Waals surface area contributed by atoms with Gasteiger partial charge in [0.1, 0.15) is 11.5 Å². The van der Waals surface area contributed by atoms with Crippen LogP contribution in [-0.4, -0.2) is 15.6 Å². The number of rotatable bonds is 3. The number of aromatic nitrogens is 1. The first-order valence-electron chi connectivity index (χ1n) is 6.32. The summed E-state index contributed by atoms with van der Waals surface area (Å²) in [5.74, 6) is -1.57. The van der Waals surface area contributed by atoms with E-state index in [9.17, 15) is 19.1 Å². The molecule has 0 radical (unpaired) electrons. The van der Waals surface area contributed by atoms with Crippen molar-refractivity contribution < 1.29 is 14.3 Å². The first-order chi connectivity index (χ1) is 9.58. The maximum Gasteiger partial charge on any atom is 0.353 e. The Labute approximate surface area is 114 Å². The van der Waals surface area contributed by atoms with Crippen molar-refractivity contribution in [1.29, 1.82) is 0 Å². The maximum absolute atomic E-state index is 13.0. The van der Waals surface area contributed by atoms with Gasteiger partial charge in [-0.05, 0) is 30.5 Å². The van der Waals surface area contributed by atoms with E-state index in [1.54, 1.807) is 4.57 Å². The summed E-state index contributed by atoms with van der Waals surface area (Å²) in [6.45, 7) is 0. The molecule has 0 bridgehead atoms. The molecule has 1 aliphatic carbocycles. The maximum atomic E-state index is 13.0. The molecule has 5 heteroatoms. The second-order valence-electron chi connectivity index (χ2n) is 4.85. The van der Waals surface area contributed by atoms with Crippen LogP contribution in [0.5, 0.6) is 0 Å². The molecule has 1 N–H and O–H groups in total. The number of hydrogen-bond donors (Lipinski definition) is 1. The predicted molar refractivity (Wildman–Crippen MR) is 71.3 cm³/mol. The van der Waals surface area contributed by atoms with Crippen LogP contribution >= 0.6 is 0 Å². The highest BCUT2D eigenvalue weighted by atomic mass is 19.1. The SMILES string of the molecule is O=C(O)c1c(-c2ccc(F)cc2)c(=O)ccn1C1CC1. The van der Waals surface area contributed by atoms with Crippen LogP contribution in [-0.2, 0) is 0 Å². The van der Waals surface area contributed by atoms with Crippen LogP contribution in [0.15, 0.2) is 41.3 Å². The average molecular weight is 273 g/mol. The lowest BCUT2D eigenvalue weighted by Gasteiger charge is -2.13. The Balaban J connectivity index is 2.27. The zero-order valence-corrected chi connectivity index (χ0v) is 10.5. The molecule has 1 aromatic heterocycles. The van der Waals surface area contributed by atoms with E-state index >= 15 is 0 Å². The first-order valence-corrected chi connectivity index (χ1v) is 6.32. The van der Waals surface area contributed by atoms with Gasteiger partial charge in [0.15, 0.2) is 5.43 Å². The fourth-order valence-electron chi connectivity index (χ4n) is 2.32. The summed E-state index contributed by atoms with van der Waals surface area (Å²) in [6.07, 6.45) is 3.34. The smallest absolute Gasteiger partial charge is 0.353 e. The molecule has 0 unspecified atom stereocenters. The molecular formula is C15H12FNO3. The number of nitrogens with zero attached hydrogens (tertiary/aromatic N) is 1. The Morgan fingerprint density at radius 1 is 1.20 bits per heavy atom. The molecule has 0 aliphatic heterocycles. The Morgan fingerprint density at radius 2 is 1.85 bits per heavy atom. The summed E-state index contributed by atoms with van der Waals surface area (Å²) in [6, 6.07) is 6.79. The van der Waals surface area contributed by atoms with Crippen molar-refractivity contribution >= 4 is 5.97 Å². The van der Waals surface area contributed by atoms with E-state index in [0.717, 1.165) is 12.8 Å². The van der Waals surface area contributed by atoms with Gasteiger partial charge in [0, 0.05) is 18.3 Å². The second-order valence-corrected chi connectivity index (χ2v) is 4.85. The fraction of sp³-hybridized carbons (Fsp3) is 0.200. The predicted octanol–water partition coefficient (Wildman–Crippen LogP) is 2.69. The van der Waals surface area contributed by atoms with Crippen molar-refractivity contribution in [3.63, 3.8) is 0 Å². The van der Waals surface area contributed by atoms with E-state index < -0.39 is 11.8 Å². The lowest BCUT2D eigenvalue weighted by molar-refractivity contribution is 0.0684. The molecule has 0 saturated heterocycles. The summed E-state index contributed by atoms with van der Waals surface area (Å²) >= 11 is 0. The topological polar surface area (TPSA) is 59.3 Å². The standard InChI is InChI=1S/C15H12FNO3/c16-10-3-1-9(2-4-10)13-12(18)7-8-17(11-5-6-11)14(13)15(19)20/h1-4,7-8,11H,5-6H2,(H,19,20). The van der Waals surface area contributed by atoms with E-state index in [1.165, 1.54) is 36.5 Å². The zero-order chi connectivity index (χ0) is 14.3. The zero-order valence-electron chi connectivity index (χ0n) is 10.5. The van der Waals surface area contributed by atoms with Crippen LogP contribution in [0.2, 0.25) is 0 Å². The van der Waals surface area contributed by atoms with Gasteiger partial charge in [-0.1, -0.05) is 12.1 Å². The van der Waals surface area contributed by atoms with Crippen LogP contribution in [0.4, 0.5) is 4.39 Å². The summed E-state index contributed by atoms with van der Waals surface area (Å²) in [5.41, 5.74) is 0.146. The number of carbonyl (C=O) groups is 1.